The number of rotatable bonds is 5. The Kier molecular flexibility index (Phi) is 5.16. The summed E-state index contributed by atoms with van der Waals surface area (Å²) >= 11 is 9.07. The van der Waals surface area contributed by atoms with Gasteiger partial charge in [-0.05, 0) is 46.3 Å². The summed E-state index contributed by atoms with van der Waals surface area (Å²) in [4.78, 5) is 21.9. The number of carboxylic acids is 2. The smallest absolute Gasteiger partial charge is 0.336 e. The van der Waals surface area contributed by atoms with Crippen molar-refractivity contribution in [1.82, 2.24) is 0 Å². The monoisotopic (exact) mass is 433 g/mol. The number of carboxylic acid groups (broad SMARTS) is 2. The van der Waals surface area contributed by atoms with Crippen molar-refractivity contribution in [3.63, 3.8) is 0 Å². The summed E-state index contributed by atoms with van der Waals surface area (Å²) in [6, 6.07) is 7.39. The van der Waals surface area contributed by atoms with Gasteiger partial charge in [0.15, 0.2) is 0 Å². The van der Waals surface area contributed by atoms with Crippen LogP contribution in [0.4, 0.5) is 5.69 Å². The molecule has 0 heterocycles. The van der Waals surface area contributed by atoms with Crippen LogP contribution in [0.15, 0.2) is 45.8 Å². The van der Waals surface area contributed by atoms with Crippen molar-refractivity contribution in [1.29, 1.82) is 0 Å². The van der Waals surface area contributed by atoms with E-state index in [-0.39, 0.29) is 15.6 Å². The normalized spacial score (nSPS) is 11.1. The van der Waals surface area contributed by atoms with Gasteiger partial charge in [-0.1, -0.05) is 17.7 Å². The van der Waals surface area contributed by atoms with Crippen LogP contribution in [0.3, 0.4) is 0 Å². The molecule has 0 spiro atoms. The number of hydrogen-bond donors (Lipinski definition) is 3. The number of nitrogens with one attached hydrogen (secondary N) is 1. The lowest BCUT2D eigenvalue weighted by Crippen LogP contribution is -2.15. The largest absolute Gasteiger partial charge is 0.478 e. The third-order valence-electron chi connectivity index (χ3n) is 2.94. The highest BCUT2D eigenvalue weighted by atomic mass is 79.9. The first-order valence-corrected chi connectivity index (χ1v) is 8.86. The second-order valence-corrected chi connectivity index (χ2v) is 7.41. The molecule has 7 nitrogen and oxygen atoms in total. The van der Waals surface area contributed by atoms with Crippen LogP contribution < -0.4 is 4.72 Å². The molecular weight excluding hydrogens is 426 g/mol. The predicted octanol–water partition coefficient (Wildman–Crippen LogP) is 3.30. The van der Waals surface area contributed by atoms with E-state index in [4.69, 9.17) is 21.8 Å². The van der Waals surface area contributed by atoms with E-state index in [1.807, 2.05) is 0 Å². The first-order valence-electron chi connectivity index (χ1n) is 6.21. The quantitative estimate of drug-likeness (QED) is 0.664. The fourth-order valence-corrected chi connectivity index (χ4v) is 3.95. The first kappa shape index (κ1) is 18.2. The first-order chi connectivity index (χ1) is 11.1. The number of aromatic carboxylic acids is 2. The summed E-state index contributed by atoms with van der Waals surface area (Å²) in [6.07, 6.45) is 0. The van der Waals surface area contributed by atoms with Crippen LogP contribution in [0.1, 0.15) is 20.7 Å². The van der Waals surface area contributed by atoms with Crippen molar-refractivity contribution in [2.75, 3.05) is 4.72 Å². The molecule has 0 fully saturated rings. The molecule has 0 bridgehead atoms. The fraction of sp³-hybridized carbons (Fsp3) is 0. The summed E-state index contributed by atoms with van der Waals surface area (Å²) in [5, 5.41) is 18.0. The third-order valence-corrected chi connectivity index (χ3v) is 5.77. The number of anilines is 1. The molecule has 0 aromatic heterocycles. The lowest BCUT2D eigenvalue weighted by atomic mass is 10.1. The number of hydrogen-bond acceptors (Lipinski definition) is 4. The van der Waals surface area contributed by atoms with Gasteiger partial charge in [0.2, 0.25) is 0 Å². The van der Waals surface area contributed by atoms with Crippen LogP contribution in [-0.2, 0) is 10.0 Å². The van der Waals surface area contributed by atoms with Gasteiger partial charge in [-0.3, -0.25) is 4.72 Å². The maximum Gasteiger partial charge on any atom is 0.336 e. The standard InChI is InChI=1S/C14H9BrClNO6S/c15-10-2-1-3-11(12(10)16)24(22,23)17-7-4-5-8(13(18)19)9(6-7)14(20)21/h1-6,17H,(H,18,19)(H,20,21). The van der Waals surface area contributed by atoms with Gasteiger partial charge in [-0.25, -0.2) is 18.0 Å². The number of carbonyl (C=O) groups is 2. The molecule has 2 aromatic rings. The molecule has 0 saturated carbocycles. The summed E-state index contributed by atoms with van der Waals surface area (Å²) in [5.74, 6) is -2.93. The minimum atomic E-state index is -4.09. The van der Waals surface area contributed by atoms with Crippen molar-refractivity contribution < 1.29 is 28.2 Å². The minimum Gasteiger partial charge on any atom is -0.478 e. The van der Waals surface area contributed by atoms with E-state index >= 15 is 0 Å². The maximum absolute atomic E-state index is 12.4. The molecule has 3 N–H and O–H groups in total. The Morgan fingerprint density at radius 2 is 1.67 bits per heavy atom. The Bertz CT molecular complexity index is 944. The highest BCUT2D eigenvalue weighted by Crippen LogP contribution is 2.30. The third kappa shape index (κ3) is 3.69. The summed E-state index contributed by atoms with van der Waals surface area (Å²) < 4.78 is 27.3. The SMILES string of the molecule is O=C(O)c1ccc(NS(=O)(=O)c2cccc(Br)c2Cl)cc1C(=O)O. The van der Waals surface area contributed by atoms with E-state index in [0.29, 0.717) is 4.47 Å². The Morgan fingerprint density at radius 1 is 1.04 bits per heavy atom. The van der Waals surface area contributed by atoms with E-state index in [1.54, 1.807) is 6.07 Å². The van der Waals surface area contributed by atoms with Gasteiger partial charge in [-0.2, -0.15) is 0 Å². The van der Waals surface area contributed by atoms with E-state index in [0.717, 1.165) is 18.2 Å². The predicted molar refractivity (Wildman–Crippen MR) is 90.3 cm³/mol. The van der Waals surface area contributed by atoms with Crippen LogP contribution >= 0.6 is 27.5 Å². The Hall–Kier alpha value is -2.10. The molecule has 2 rings (SSSR count). The van der Waals surface area contributed by atoms with Crippen molar-refractivity contribution in [2.45, 2.75) is 4.90 Å². The Balaban J connectivity index is 2.47. The number of sulfonamides is 1. The van der Waals surface area contributed by atoms with Crippen molar-refractivity contribution in [3.8, 4) is 0 Å². The van der Waals surface area contributed by atoms with Crippen LogP contribution in [-0.4, -0.2) is 30.6 Å². The summed E-state index contributed by atoms with van der Waals surface area (Å²) in [7, 11) is -4.09. The molecule has 10 heteroatoms. The zero-order valence-corrected chi connectivity index (χ0v) is 14.8. The molecular formula is C14H9BrClNO6S. The maximum atomic E-state index is 12.4. The van der Waals surface area contributed by atoms with Gasteiger partial charge in [0, 0.05) is 10.2 Å². The van der Waals surface area contributed by atoms with E-state index in [2.05, 4.69) is 20.7 Å². The van der Waals surface area contributed by atoms with Gasteiger partial charge < -0.3 is 10.2 Å². The van der Waals surface area contributed by atoms with Crippen LogP contribution in [0.2, 0.25) is 5.02 Å². The van der Waals surface area contributed by atoms with Crippen molar-refractivity contribution in [3.05, 3.63) is 57.0 Å². The molecule has 2 aromatic carbocycles. The average molecular weight is 435 g/mol. The van der Waals surface area contributed by atoms with Gasteiger partial charge in [0.05, 0.1) is 16.1 Å². The lowest BCUT2D eigenvalue weighted by Gasteiger charge is -2.11. The molecule has 0 aliphatic rings. The summed E-state index contributed by atoms with van der Waals surface area (Å²) in [6.45, 7) is 0. The van der Waals surface area contributed by atoms with Gasteiger partial charge in [0.25, 0.3) is 10.0 Å². The molecule has 0 saturated heterocycles. The lowest BCUT2D eigenvalue weighted by molar-refractivity contribution is 0.0651. The van der Waals surface area contributed by atoms with Crippen molar-refractivity contribution in [2.24, 2.45) is 0 Å². The fourth-order valence-electron chi connectivity index (χ4n) is 1.87. The minimum absolute atomic E-state index is 0.0365. The second kappa shape index (κ2) is 6.80. The average Bonchev–Trinajstić information content (AvgIpc) is 2.49. The van der Waals surface area contributed by atoms with E-state index < -0.39 is 33.1 Å². The van der Waals surface area contributed by atoms with Crippen LogP contribution in [0, 0.1) is 0 Å². The molecule has 0 unspecified atom stereocenters. The van der Waals surface area contributed by atoms with Crippen LogP contribution in [0.25, 0.3) is 0 Å². The molecule has 0 amide bonds. The van der Waals surface area contributed by atoms with E-state index in [1.165, 1.54) is 12.1 Å². The second-order valence-electron chi connectivity index (χ2n) is 4.53. The van der Waals surface area contributed by atoms with Gasteiger partial charge in [-0.15, -0.1) is 0 Å². The number of benzene rings is 2. The summed E-state index contributed by atoms with van der Waals surface area (Å²) in [5.41, 5.74) is -1.09. The molecule has 126 valence electrons. The zero-order valence-electron chi connectivity index (χ0n) is 11.7. The van der Waals surface area contributed by atoms with Crippen molar-refractivity contribution >= 4 is 55.2 Å². The molecule has 0 atom stereocenters. The Morgan fingerprint density at radius 3 is 2.25 bits per heavy atom. The highest BCUT2D eigenvalue weighted by Gasteiger charge is 2.22. The Labute approximate surface area is 150 Å². The van der Waals surface area contributed by atoms with Gasteiger partial charge in [0.1, 0.15) is 4.90 Å². The zero-order chi connectivity index (χ0) is 18.1. The van der Waals surface area contributed by atoms with Gasteiger partial charge >= 0.3 is 11.9 Å². The highest BCUT2D eigenvalue weighted by molar-refractivity contribution is 9.10. The molecule has 0 radical (unpaired) electrons. The van der Waals surface area contributed by atoms with Crippen LogP contribution in [0.5, 0.6) is 0 Å². The van der Waals surface area contributed by atoms with E-state index in [9.17, 15) is 18.0 Å². The topological polar surface area (TPSA) is 121 Å². The molecule has 24 heavy (non-hydrogen) atoms. The molecule has 0 aliphatic carbocycles. The number of halogens is 2. The molecule has 0 aliphatic heterocycles.